The predicted molar refractivity (Wildman–Crippen MR) is 228 cm³/mol. The number of anilines is 3. The number of hydrogen-bond donors (Lipinski definition) is 0. The van der Waals surface area contributed by atoms with E-state index in [-0.39, 0.29) is 0 Å². The second-order valence-corrected chi connectivity index (χ2v) is 13.7. The number of rotatable bonds is 7. The second kappa shape index (κ2) is 13.4. The first-order chi connectivity index (χ1) is 26.8. The molecule has 0 aliphatic heterocycles. The summed E-state index contributed by atoms with van der Waals surface area (Å²) >= 11 is 0. The Morgan fingerprint density at radius 3 is 1.74 bits per heavy atom. The zero-order valence-electron chi connectivity index (χ0n) is 29.6. The Morgan fingerprint density at radius 1 is 0.296 bits per heavy atom. The molecule has 2 nitrogen and oxygen atoms in total. The molecule has 1 heterocycles. The molecule has 0 N–H and O–H groups in total. The van der Waals surface area contributed by atoms with Crippen molar-refractivity contribution in [2.24, 2.45) is 0 Å². The largest absolute Gasteiger partial charge is 0.456 e. The van der Waals surface area contributed by atoms with Gasteiger partial charge in [-0.25, -0.2) is 0 Å². The number of para-hydroxylation sites is 2. The lowest BCUT2D eigenvalue weighted by atomic mass is 9.93. The molecular weight excluding hydrogens is 655 g/mol. The van der Waals surface area contributed by atoms with Crippen LogP contribution in [0.4, 0.5) is 17.1 Å². The molecule has 254 valence electrons. The zero-order valence-corrected chi connectivity index (χ0v) is 29.6. The summed E-state index contributed by atoms with van der Waals surface area (Å²) in [5, 5.41) is 4.73. The van der Waals surface area contributed by atoms with Gasteiger partial charge in [0.2, 0.25) is 0 Å². The third-order valence-corrected chi connectivity index (χ3v) is 10.5. The third-order valence-electron chi connectivity index (χ3n) is 10.5. The van der Waals surface area contributed by atoms with E-state index < -0.39 is 0 Å². The van der Waals surface area contributed by atoms with Gasteiger partial charge in [0.15, 0.2) is 0 Å². The monoisotopic (exact) mass is 689 g/mol. The van der Waals surface area contributed by atoms with E-state index >= 15 is 0 Å². The van der Waals surface area contributed by atoms with Gasteiger partial charge in [-0.05, 0) is 98.2 Å². The van der Waals surface area contributed by atoms with E-state index in [1.54, 1.807) is 0 Å². The lowest BCUT2D eigenvalue weighted by Gasteiger charge is -2.28. The van der Waals surface area contributed by atoms with E-state index in [0.29, 0.717) is 0 Å². The fourth-order valence-corrected chi connectivity index (χ4v) is 7.81. The molecule has 0 aliphatic rings. The molecule has 1 aromatic heterocycles. The molecule has 10 rings (SSSR count). The molecule has 0 saturated carbocycles. The number of benzene rings is 9. The van der Waals surface area contributed by atoms with Gasteiger partial charge in [-0.3, -0.25) is 0 Å². The van der Waals surface area contributed by atoms with Crippen molar-refractivity contribution in [2.45, 2.75) is 0 Å². The maximum Gasteiger partial charge on any atom is 0.137 e. The Kier molecular flexibility index (Phi) is 7.85. The van der Waals surface area contributed by atoms with Crippen LogP contribution in [0.5, 0.6) is 0 Å². The van der Waals surface area contributed by atoms with Crippen molar-refractivity contribution in [2.75, 3.05) is 4.90 Å². The van der Waals surface area contributed by atoms with Crippen molar-refractivity contribution in [3.63, 3.8) is 0 Å². The SMILES string of the molecule is c1ccc(-c2ccccc2-c2ccccc2N(c2ccc(-c3cccc(-c4ccc5ccccc5c4)c3)cc2)c2ccc3c(c2)oc2ccccc23)cc1. The van der Waals surface area contributed by atoms with Gasteiger partial charge < -0.3 is 9.32 Å². The molecule has 0 spiro atoms. The van der Waals surface area contributed by atoms with Crippen LogP contribution in [-0.2, 0) is 0 Å². The Morgan fingerprint density at radius 2 is 0.889 bits per heavy atom. The highest BCUT2D eigenvalue weighted by atomic mass is 16.3. The van der Waals surface area contributed by atoms with Crippen molar-refractivity contribution in [3.05, 3.63) is 212 Å². The van der Waals surface area contributed by atoms with Gasteiger partial charge in [-0.2, -0.15) is 0 Å². The van der Waals surface area contributed by atoms with Crippen molar-refractivity contribution in [3.8, 4) is 44.5 Å². The minimum Gasteiger partial charge on any atom is -0.456 e. The molecule has 0 fully saturated rings. The van der Waals surface area contributed by atoms with Crippen LogP contribution in [0.2, 0.25) is 0 Å². The van der Waals surface area contributed by atoms with Gasteiger partial charge in [0.1, 0.15) is 11.2 Å². The molecule has 2 heteroatoms. The zero-order chi connectivity index (χ0) is 35.8. The lowest BCUT2D eigenvalue weighted by Crippen LogP contribution is -2.11. The van der Waals surface area contributed by atoms with Crippen LogP contribution in [0.3, 0.4) is 0 Å². The Hall–Kier alpha value is -7.16. The van der Waals surface area contributed by atoms with E-state index in [0.717, 1.165) is 50.1 Å². The van der Waals surface area contributed by atoms with Gasteiger partial charge in [-0.15, -0.1) is 0 Å². The van der Waals surface area contributed by atoms with Crippen molar-refractivity contribution in [1.82, 2.24) is 0 Å². The number of nitrogens with zero attached hydrogens (tertiary/aromatic N) is 1. The van der Waals surface area contributed by atoms with Gasteiger partial charge in [0.25, 0.3) is 0 Å². The lowest BCUT2D eigenvalue weighted by molar-refractivity contribution is 0.669. The van der Waals surface area contributed by atoms with E-state index in [2.05, 4.69) is 205 Å². The summed E-state index contributed by atoms with van der Waals surface area (Å²) in [5.41, 5.74) is 14.4. The van der Waals surface area contributed by atoms with E-state index in [9.17, 15) is 0 Å². The molecule has 0 bridgehead atoms. The van der Waals surface area contributed by atoms with Crippen molar-refractivity contribution in [1.29, 1.82) is 0 Å². The topological polar surface area (TPSA) is 16.4 Å². The molecule has 54 heavy (non-hydrogen) atoms. The van der Waals surface area contributed by atoms with Crippen LogP contribution in [0.25, 0.3) is 77.2 Å². The third kappa shape index (κ3) is 5.71. The van der Waals surface area contributed by atoms with Crippen LogP contribution in [0.15, 0.2) is 217 Å². The Bertz CT molecular complexity index is 2940. The summed E-state index contributed by atoms with van der Waals surface area (Å²) < 4.78 is 6.43. The molecule has 0 atom stereocenters. The highest BCUT2D eigenvalue weighted by Gasteiger charge is 2.20. The Balaban J connectivity index is 1.10. The molecule has 10 aromatic rings. The van der Waals surface area contributed by atoms with Crippen LogP contribution < -0.4 is 4.90 Å². The average Bonchev–Trinajstić information content (AvgIpc) is 3.62. The molecule has 0 saturated heterocycles. The summed E-state index contributed by atoms with van der Waals surface area (Å²) in [6.45, 7) is 0. The minimum absolute atomic E-state index is 0.864. The standard InChI is InChI=1S/C52H35NO/c1-2-14-38(15-3-1)45-19-6-7-20-46(45)47-21-8-10-23-50(47)53(44-31-32-49-48-22-9-11-24-51(48)54-52(49)35-44)43-29-27-37(28-30-43)40-17-12-18-41(33-40)42-26-25-36-13-4-5-16-39(36)34-42/h1-35H. The minimum atomic E-state index is 0.864. The summed E-state index contributed by atoms with van der Waals surface area (Å²) in [4.78, 5) is 2.36. The first-order valence-corrected chi connectivity index (χ1v) is 18.4. The Labute approximate surface area is 314 Å². The fourth-order valence-electron chi connectivity index (χ4n) is 7.81. The first kappa shape index (κ1) is 31.6. The van der Waals surface area contributed by atoms with Crippen LogP contribution in [0.1, 0.15) is 0 Å². The van der Waals surface area contributed by atoms with Crippen molar-refractivity contribution < 1.29 is 4.42 Å². The highest BCUT2D eigenvalue weighted by Crippen LogP contribution is 2.45. The molecular formula is C52H35NO. The number of fused-ring (bicyclic) bond motifs is 4. The highest BCUT2D eigenvalue weighted by molar-refractivity contribution is 6.06. The number of furan rings is 1. The first-order valence-electron chi connectivity index (χ1n) is 18.4. The molecule has 0 aliphatic carbocycles. The van der Waals surface area contributed by atoms with Crippen LogP contribution >= 0.6 is 0 Å². The van der Waals surface area contributed by atoms with Gasteiger partial charge >= 0.3 is 0 Å². The van der Waals surface area contributed by atoms with Crippen LogP contribution in [0, 0.1) is 0 Å². The van der Waals surface area contributed by atoms with Crippen molar-refractivity contribution >= 4 is 49.8 Å². The van der Waals surface area contributed by atoms with E-state index in [1.165, 1.54) is 44.2 Å². The second-order valence-electron chi connectivity index (χ2n) is 13.7. The molecule has 9 aromatic carbocycles. The quantitative estimate of drug-likeness (QED) is 0.166. The summed E-state index contributed by atoms with van der Waals surface area (Å²) in [7, 11) is 0. The van der Waals surface area contributed by atoms with E-state index in [4.69, 9.17) is 4.42 Å². The van der Waals surface area contributed by atoms with Crippen LogP contribution in [-0.4, -0.2) is 0 Å². The molecule has 0 unspecified atom stereocenters. The summed E-state index contributed by atoms with van der Waals surface area (Å²) in [6, 6.07) is 75.9. The molecule has 0 radical (unpaired) electrons. The number of hydrogen-bond acceptors (Lipinski definition) is 2. The maximum absolute atomic E-state index is 6.43. The van der Waals surface area contributed by atoms with Gasteiger partial charge in [-0.1, -0.05) is 158 Å². The summed E-state index contributed by atoms with van der Waals surface area (Å²) in [6.07, 6.45) is 0. The van der Waals surface area contributed by atoms with E-state index in [1.807, 2.05) is 12.1 Å². The normalized spacial score (nSPS) is 11.3. The fraction of sp³-hybridized carbons (Fsp3) is 0. The molecule has 0 amide bonds. The smallest absolute Gasteiger partial charge is 0.137 e. The maximum atomic E-state index is 6.43. The van der Waals surface area contributed by atoms with Gasteiger partial charge in [0, 0.05) is 33.8 Å². The summed E-state index contributed by atoms with van der Waals surface area (Å²) in [5.74, 6) is 0. The van der Waals surface area contributed by atoms with Gasteiger partial charge in [0.05, 0.1) is 5.69 Å². The predicted octanol–water partition coefficient (Wildman–Crippen LogP) is 14.9. The average molecular weight is 690 g/mol.